The molecule has 4 N–H and O–H groups in total. The summed E-state index contributed by atoms with van der Waals surface area (Å²) in [6, 6.07) is 0.0550. The Morgan fingerprint density at radius 3 is 2.95 bits per heavy atom. The molecule has 8 heteroatoms. The van der Waals surface area contributed by atoms with E-state index in [2.05, 4.69) is 38.0 Å². The Morgan fingerprint density at radius 2 is 2.27 bits per heavy atom. The van der Waals surface area contributed by atoms with Gasteiger partial charge in [0, 0.05) is 13.0 Å². The summed E-state index contributed by atoms with van der Waals surface area (Å²) in [7, 11) is 1.68. The van der Waals surface area contributed by atoms with Crippen LogP contribution in [0.2, 0.25) is 0 Å². The summed E-state index contributed by atoms with van der Waals surface area (Å²) in [5.41, 5.74) is 12.3. The zero-order valence-corrected chi connectivity index (χ0v) is 13.6. The third kappa shape index (κ3) is 2.28. The molecular weight excluding hydrogens is 350 g/mol. The molecular formula is C14H16BrN5O2. The molecule has 2 unspecified atom stereocenters. The number of nitrogens with two attached hydrogens (primary N) is 2. The number of fused-ring (bicyclic) bond motifs is 1. The van der Waals surface area contributed by atoms with Crippen molar-refractivity contribution in [3.8, 4) is 0 Å². The molecule has 0 aliphatic heterocycles. The van der Waals surface area contributed by atoms with Gasteiger partial charge in [0.1, 0.15) is 22.4 Å². The van der Waals surface area contributed by atoms with Gasteiger partial charge < -0.3 is 20.8 Å². The fourth-order valence-electron chi connectivity index (χ4n) is 2.94. The summed E-state index contributed by atoms with van der Waals surface area (Å²) in [5.74, 6) is 0.0109. The van der Waals surface area contributed by atoms with Crippen LogP contribution in [0.5, 0.6) is 0 Å². The second-order valence-electron chi connectivity index (χ2n) is 5.26. The second-order valence-corrected chi connectivity index (χ2v) is 6.01. The van der Waals surface area contributed by atoms with Crippen LogP contribution in [0.25, 0.3) is 11.0 Å². The highest BCUT2D eigenvalue weighted by Gasteiger charge is 2.29. The zero-order chi connectivity index (χ0) is 15.9. The molecule has 116 valence electrons. The number of allylic oxidation sites excluding steroid dienone is 1. The molecule has 2 aromatic rings. The fourth-order valence-corrected chi connectivity index (χ4v) is 3.76. The van der Waals surface area contributed by atoms with Crippen molar-refractivity contribution in [3.05, 3.63) is 28.6 Å². The Labute approximate surface area is 135 Å². The Morgan fingerprint density at radius 1 is 1.50 bits per heavy atom. The topological polar surface area (TPSA) is 109 Å². The number of nitrogens with zero attached hydrogens (tertiary/aromatic N) is 3. The number of ether oxygens (including phenoxy) is 1. The van der Waals surface area contributed by atoms with E-state index in [1.165, 1.54) is 6.33 Å². The summed E-state index contributed by atoms with van der Waals surface area (Å²) in [6.07, 6.45) is 6.44. The van der Waals surface area contributed by atoms with E-state index in [-0.39, 0.29) is 11.9 Å². The zero-order valence-electron chi connectivity index (χ0n) is 12.0. The number of nitrogen functional groups attached to an aromatic ring is 1. The quantitative estimate of drug-likeness (QED) is 0.800. The van der Waals surface area contributed by atoms with Gasteiger partial charge in [-0.2, -0.15) is 0 Å². The molecule has 1 aliphatic rings. The van der Waals surface area contributed by atoms with Crippen LogP contribution in [0.3, 0.4) is 0 Å². The van der Waals surface area contributed by atoms with Crippen molar-refractivity contribution in [2.24, 2.45) is 11.7 Å². The number of anilines is 1. The Kier molecular flexibility index (Phi) is 3.88. The SMILES string of the molecule is COCC1C=CC(n2c(Br)c(C(N)=O)c3c(N)ncnc32)C1. The lowest BCUT2D eigenvalue weighted by atomic mass is 10.1. The van der Waals surface area contributed by atoms with Gasteiger partial charge in [-0.1, -0.05) is 12.2 Å². The Bertz CT molecular complexity index is 770. The lowest BCUT2D eigenvalue weighted by Crippen LogP contribution is -2.13. The lowest BCUT2D eigenvalue weighted by molar-refractivity contribution is 0.100. The molecule has 0 bridgehead atoms. The van der Waals surface area contributed by atoms with Crippen molar-refractivity contribution in [2.45, 2.75) is 12.5 Å². The molecule has 2 atom stereocenters. The smallest absolute Gasteiger partial charge is 0.252 e. The first kappa shape index (κ1) is 15.0. The third-order valence-electron chi connectivity index (χ3n) is 3.86. The van der Waals surface area contributed by atoms with E-state index in [1.54, 1.807) is 7.11 Å². The number of carbonyl (C=O) groups is 1. The molecule has 1 amide bonds. The number of halogens is 1. The van der Waals surface area contributed by atoms with Crippen molar-refractivity contribution in [1.82, 2.24) is 14.5 Å². The predicted molar refractivity (Wildman–Crippen MR) is 86.3 cm³/mol. The maximum Gasteiger partial charge on any atom is 0.252 e. The minimum Gasteiger partial charge on any atom is -0.384 e. The first-order valence-corrected chi connectivity index (χ1v) is 7.60. The normalized spacial score (nSPS) is 20.8. The summed E-state index contributed by atoms with van der Waals surface area (Å²) in [5, 5.41) is 0.491. The molecule has 0 aromatic carbocycles. The molecule has 0 saturated heterocycles. The predicted octanol–water partition coefficient (Wildman–Crippen LogP) is 1.64. The van der Waals surface area contributed by atoms with Crippen LogP contribution >= 0.6 is 15.9 Å². The van der Waals surface area contributed by atoms with Crippen LogP contribution in [-0.2, 0) is 4.74 Å². The maximum absolute atomic E-state index is 11.8. The van der Waals surface area contributed by atoms with Crippen molar-refractivity contribution in [1.29, 1.82) is 0 Å². The van der Waals surface area contributed by atoms with E-state index in [0.717, 1.165) is 6.42 Å². The van der Waals surface area contributed by atoms with Gasteiger partial charge in [0.2, 0.25) is 0 Å². The molecule has 22 heavy (non-hydrogen) atoms. The highest BCUT2D eigenvalue weighted by molar-refractivity contribution is 9.10. The number of aromatic nitrogens is 3. The van der Waals surface area contributed by atoms with Crippen molar-refractivity contribution in [3.63, 3.8) is 0 Å². The average molecular weight is 366 g/mol. The first-order valence-electron chi connectivity index (χ1n) is 6.81. The van der Waals surface area contributed by atoms with Crippen LogP contribution in [-0.4, -0.2) is 34.2 Å². The standard InChI is InChI=1S/C14H16BrN5O2/c1-22-5-7-2-3-8(4-7)20-11(15)9(13(17)21)10-12(16)18-6-19-14(10)20/h2-3,6-8H,4-5H2,1H3,(H2,17,21)(H2,16,18,19). The molecule has 2 aromatic heterocycles. The number of carbonyl (C=O) groups excluding carboxylic acids is 1. The van der Waals surface area contributed by atoms with Gasteiger partial charge in [0.25, 0.3) is 5.91 Å². The van der Waals surface area contributed by atoms with E-state index in [1.807, 2.05) is 4.57 Å². The highest BCUT2D eigenvalue weighted by Crippen LogP contribution is 2.38. The number of primary amides is 1. The Hall–Kier alpha value is -1.93. The Balaban J connectivity index is 2.15. The number of amides is 1. The second kappa shape index (κ2) is 5.69. The molecule has 0 fully saturated rings. The van der Waals surface area contributed by atoms with Crippen molar-refractivity contribution in [2.75, 3.05) is 19.5 Å². The summed E-state index contributed by atoms with van der Waals surface area (Å²) in [6.45, 7) is 0.656. The summed E-state index contributed by atoms with van der Waals surface area (Å²) in [4.78, 5) is 20.1. The van der Waals surface area contributed by atoms with Crippen LogP contribution in [0.15, 0.2) is 23.1 Å². The molecule has 0 saturated carbocycles. The fraction of sp³-hybridized carbons (Fsp3) is 0.357. The van der Waals surface area contributed by atoms with Gasteiger partial charge in [-0.05, 0) is 22.4 Å². The third-order valence-corrected chi connectivity index (χ3v) is 4.64. The van der Waals surface area contributed by atoms with Gasteiger partial charge in [0.15, 0.2) is 0 Å². The van der Waals surface area contributed by atoms with E-state index in [9.17, 15) is 4.79 Å². The number of methoxy groups -OCH3 is 1. The van der Waals surface area contributed by atoms with Gasteiger partial charge in [-0.15, -0.1) is 0 Å². The molecule has 0 spiro atoms. The maximum atomic E-state index is 11.8. The minimum absolute atomic E-state index is 0.0550. The van der Waals surface area contributed by atoms with E-state index >= 15 is 0 Å². The summed E-state index contributed by atoms with van der Waals surface area (Å²) >= 11 is 3.47. The van der Waals surface area contributed by atoms with E-state index in [4.69, 9.17) is 16.2 Å². The van der Waals surface area contributed by atoms with Gasteiger partial charge >= 0.3 is 0 Å². The largest absolute Gasteiger partial charge is 0.384 e. The number of hydrogen-bond acceptors (Lipinski definition) is 5. The molecule has 0 radical (unpaired) electrons. The van der Waals surface area contributed by atoms with Crippen molar-refractivity contribution < 1.29 is 9.53 Å². The van der Waals surface area contributed by atoms with E-state index in [0.29, 0.717) is 33.7 Å². The molecule has 7 nitrogen and oxygen atoms in total. The van der Waals surface area contributed by atoms with E-state index < -0.39 is 5.91 Å². The van der Waals surface area contributed by atoms with Gasteiger partial charge in [-0.3, -0.25) is 4.79 Å². The number of hydrogen-bond donors (Lipinski definition) is 2. The van der Waals surface area contributed by atoms with Crippen LogP contribution in [0.1, 0.15) is 22.8 Å². The first-order chi connectivity index (χ1) is 10.5. The van der Waals surface area contributed by atoms with Crippen LogP contribution in [0, 0.1) is 5.92 Å². The number of rotatable bonds is 4. The lowest BCUT2D eigenvalue weighted by Gasteiger charge is -2.15. The monoisotopic (exact) mass is 365 g/mol. The van der Waals surface area contributed by atoms with Crippen LogP contribution in [0.4, 0.5) is 5.82 Å². The molecule has 2 heterocycles. The highest BCUT2D eigenvalue weighted by atomic mass is 79.9. The van der Waals surface area contributed by atoms with Gasteiger partial charge in [0.05, 0.1) is 23.6 Å². The van der Waals surface area contributed by atoms with Crippen molar-refractivity contribution >= 4 is 38.7 Å². The van der Waals surface area contributed by atoms with Crippen LogP contribution < -0.4 is 11.5 Å². The van der Waals surface area contributed by atoms with Gasteiger partial charge in [-0.25, -0.2) is 9.97 Å². The molecule has 1 aliphatic carbocycles. The average Bonchev–Trinajstić information content (AvgIpc) is 3.01. The minimum atomic E-state index is -0.562. The molecule has 3 rings (SSSR count). The summed E-state index contributed by atoms with van der Waals surface area (Å²) < 4.78 is 7.71.